The van der Waals surface area contributed by atoms with Gasteiger partial charge in [0.1, 0.15) is 0 Å². The van der Waals surface area contributed by atoms with Crippen molar-refractivity contribution in [2.75, 3.05) is 0 Å². The zero-order valence-corrected chi connectivity index (χ0v) is 14.8. The predicted octanol–water partition coefficient (Wildman–Crippen LogP) is 5.34. The molecule has 2 nitrogen and oxygen atoms in total. The molecule has 1 aromatic rings. The lowest BCUT2D eigenvalue weighted by Crippen LogP contribution is -2.45. The minimum atomic E-state index is -0.260. The summed E-state index contributed by atoms with van der Waals surface area (Å²) in [6.07, 6.45) is 4.09. The quantitative estimate of drug-likeness (QED) is 0.743. The average molecular weight is 328 g/mol. The Labute approximate surface area is 137 Å². The smallest absolute Gasteiger partial charge is 0.244 e. The van der Waals surface area contributed by atoms with Crippen molar-refractivity contribution >= 4 is 35.2 Å². The molecule has 0 aliphatic carbocycles. The Kier molecular flexibility index (Phi) is 5.89. The van der Waals surface area contributed by atoms with Crippen LogP contribution in [0.25, 0.3) is 6.08 Å². The molecule has 0 unspecified atom stereocenters. The van der Waals surface area contributed by atoms with Gasteiger partial charge >= 0.3 is 0 Å². The molecule has 0 aliphatic rings. The van der Waals surface area contributed by atoms with Crippen LogP contribution in [-0.2, 0) is 4.79 Å². The van der Waals surface area contributed by atoms with Crippen LogP contribution in [-0.4, -0.2) is 11.4 Å². The summed E-state index contributed by atoms with van der Waals surface area (Å²) in [5.41, 5.74) is 0.661. The van der Waals surface area contributed by atoms with E-state index in [1.807, 2.05) is 13.8 Å². The van der Waals surface area contributed by atoms with Gasteiger partial charge in [-0.2, -0.15) is 0 Å². The largest absolute Gasteiger partial charge is 0.348 e. The summed E-state index contributed by atoms with van der Waals surface area (Å²) in [5, 5.41) is 4.12. The van der Waals surface area contributed by atoms with Gasteiger partial charge in [0.15, 0.2) is 0 Å². The van der Waals surface area contributed by atoms with Crippen molar-refractivity contribution in [3.63, 3.8) is 0 Å². The molecule has 21 heavy (non-hydrogen) atoms. The Morgan fingerprint density at radius 1 is 1.19 bits per heavy atom. The van der Waals surface area contributed by atoms with Gasteiger partial charge in [-0.1, -0.05) is 50.0 Å². The van der Waals surface area contributed by atoms with Crippen LogP contribution in [0.3, 0.4) is 0 Å². The molecule has 0 heterocycles. The average Bonchev–Trinajstić information content (AvgIpc) is 2.23. The lowest BCUT2D eigenvalue weighted by Gasteiger charge is -2.32. The number of hydrogen-bond donors (Lipinski definition) is 1. The third-order valence-corrected chi connectivity index (χ3v) is 3.37. The Balaban J connectivity index is 2.71. The van der Waals surface area contributed by atoms with Crippen LogP contribution in [0.1, 0.15) is 46.6 Å². The molecular weight excluding hydrogens is 305 g/mol. The SMILES string of the molecule is CC(C)(C)CC(C)(C)NC(=O)/C=C/c1ccc(Cl)cc1Cl. The summed E-state index contributed by atoms with van der Waals surface area (Å²) in [6, 6.07) is 5.19. The van der Waals surface area contributed by atoms with Crippen molar-refractivity contribution in [1.82, 2.24) is 5.32 Å². The van der Waals surface area contributed by atoms with Gasteiger partial charge < -0.3 is 5.32 Å². The number of nitrogens with one attached hydrogen (secondary N) is 1. The van der Waals surface area contributed by atoms with E-state index < -0.39 is 0 Å². The molecule has 0 radical (unpaired) electrons. The Morgan fingerprint density at radius 2 is 1.81 bits per heavy atom. The number of rotatable bonds is 4. The van der Waals surface area contributed by atoms with Gasteiger partial charge in [0, 0.05) is 21.7 Å². The van der Waals surface area contributed by atoms with E-state index in [1.54, 1.807) is 24.3 Å². The molecule has 0 aromatic heterocycles. The first-order valence-corrected chi connectivity index (χ1v) is 7.69. The summed E-state index contributed by atoms with van der Waals surface area (Å²) in [7, 11) is 0. The summed E-state index contributed by atoms with van der Waals surface area (Å²) in [4.78, 5) is 12.0. The van der Waals surface area contributed by atoms with Crippen LogP contribution < -0.4 is 5.32 Å². The number of benzene rings is 1. The molecule has 0 saturated carbocycles. The Hall–Kier alpha value is -0.990. The van der Waals surface area contributed by atoms with Crippen molar-refractivity contribution in [1.29, 1.82) is 0 Å². The predicted molar refractivity (Wildman–Crippen MR) is 91.8 cm³/mol. The van der Waals surface area contributed by atoms with Crippen LogP contribution in [0.2, 0.25) is 10.0 Å². The van der Waals surface area contributed by atoms with E-state index in [2.05, 4.69) is 26.1 Å². The van der Waals surface area contributed by atoms with Crippen LogP contribution in [0.4, 0.5) is 0 Å². The summed E-state index contributed by atoms with van der Waals surface area (Å²) in [5.74, 6) is -0.129. The lowest BCUT2D eigenvalue weighted by atomic mass is 9.82. The van der Waals surface area contributed by atoms with Crippen LogP contribution >= 0.6 is 23.2 Å². The number of hydrogen-bond acceptors (Lipinski definition) is 1. The molecule has 1 amide bonds. The number of carbonyl (C=O) groups is 1. The Morgan fingerprint density at radius 3 is 2.33 bits per heavy atom. The molecule has 0 bridgehead atoms. The molecule has 0 fully saturated rings. The highest BCUT2D eigenvalue weighted by atomic mass is 35.5. The van der Waals surface area contributed by atoms with E-state index in [4.69, 9.17) is 23.2 Å². The second kappa shape index (κ2) is 6.85. The van der Waals surface area contributed by atoms with E-state index >= 15 is 0 Å². The zero-order chi connectivity index (χ0) is 16.3. The van der Waals surface area contributed by atoms with Crippen molar-refractivity contribution < 1.29 is 4.79 Å². The first kappa shape index (κ1) is 18.1. The number of carbonyl (C=O) groups excluding carboxylic acids is 1. The van der Waals surface area contributed by atoms with E-state index in [0.29, 0.717) is 10.0 Å². The summed E-state index contributed by atoms with van der Waals surface area (Å²) >= 11 is 11.9. The highest BCUT2D eigenvalue weighted by Gasteiger charge is 2.26. The van der Waals surface area contributed by atoms with Crippen LogP contribution in [0.15, 0.2) is 24.3 Å². The molecule has 116 valence electrons. The van der Waals surface area contributed by atoms with Gasteiger partial charge in [0.2, 0.25) is 5.91 Å². The fourth-order valence-corrected chi connectivity index (χ4v) is 3.02. The molecular formula is C17H23Cl2NO. The normalized spacial score (nSPS) is 12.7. The second-order valence-electron chi connectivity index (χ2n) is 7.11. The maximum atomic E-state index is 12.0. The Bertz CT molecular complexity index is 542. The zero-order valence-electron chi connectivity index (χ0n) is 13.3. The molecule has 1 aromatic carbocycles. The highest BCUT2D eigenvalue weighted by molar-refractivity contribution is 6.35. The molecule has 0 spiro atoms. The monoisotopic (exact) mass is 327 g/mol. The number of halogens is 2. The fourth-order valence-electron chi connectivity index (χ4n) is 2.55. The van der Waals surface area contributed by atoms with E-state index in [9.17, 15) is 4.79 Å². The van der Waals surface area contributed by atoms with Gasteiger partial charge in [0.25, 0.3) is 0 Å². The molecule has 0 atom stereocenters. The molecule has 0 aliphatic heterocycles. The summed E-state index contributed by atoms with van der Waals surface area (Å²) in [6.45, 7) is 10.5. The third-order valence-electron chi connectivity index (χ3n) is 2.81. The van der Waals surface area contributed by atoms with Crippen molar-refractivity contribution in [3.05, 3.63) is 39.9 Å². The molecule has 1 N–H and O–H groups in total. The topological polar surface area (TPSA) is 29.1 Å². The molecule has 4 heteroatoms. The first-order chi connectivity index (χ1) is 9.48. The molecule has 1 rings (SSSR count). The number of amides is 1. The third kappa shape index (κ3) is 7.01. The highest BCUT2D eigenvalue weighted by Crippen LogP contribution is 2.27. The molecule has 0 saturated heterocycles. The summed E-state index contributed by atoms with van der Waals surface area (Å²) < 4.78 is 0. The van der Waals surface area contributed by atoms with E-state index in [0.717, 1.165) is 12.0 Å². The van der Waals surface area contributed by atoms with Gasteiger partial charge in [-0.3, -0.25) is 4.79 Å². The second-order valence-corrected chi connectivity index (χ2v) is 7.95. The van der Waals surface area contributed by atoms with Gasteiger partial charge in [-0.05, 0) is 49.5 Å². The first-order valence-electron chi connectivity index (χ1n) is 6.94. The van der Waals surface area contributed by atoms with Crippen molar-refractivity contribution in [3.8, 4) is 0 Å². The van der Waals surface area contributed by atoms with E-state index in [1.165, 1.54) is 6.08 Å². The standard InChI is InChI=1S/C17H23Cl2NO/c1-16(2,3)11-17(4,5)20-15(21)9-7-12-6-8-13(18)10-14(12)19/h6-10H,11H2,1-5H3,(H,20,21)/b9-7+. The van der Waals surface area contributed by atoms with Gasteiger partial charge in [-0.25, -0.2) is 0 Å². The van der Waals surface area contributed by atoms with Crippen molar-refractivity contribution in [2.45, 2.75) is 46.6 Å². The van der Waals surface area contributed by atoms with Crippen molar-refractivity contribution in [2.24, 2.45) is 5.41 Å². The maximum Gasteiger partial charge on any atom is 0.244 e. The lowest BCUT2D eigenvalue weighted by molar-refractivity contribution is -0.118. The van der Waals surface area contributed by atoms with Gasteiger partial charge in [0.05, 0.1) is 0 Å². The van der Waals surface area contributed by atoms with Gasteiger partial charge in [-0.15, -0.1) is 0 Å². The minimum absolute atomic E-state index is 0.129. The van der Waals surface area contributed by atoms with E-state index in [-0.39, 0.29) is 16.9 Å². The maximum absolute atomic E-state index is 12.0. The van der Waals surface area contributed by atoms with Crippen LogP contribution in [0.5, 0.6) is 0 Å². The minimum Gasteiger partial charge on any atom is -0.348 e. The van der Waals surface area contributed by atoms with Crippen LogP contribution in [0, 0.1) is 5.41 Å². The fraction of sp³-hybridized carbons (Fsp3) is 0.471.